The summed E-state index contributed by atoms with van der Waals surface area (Å²) in [6.45, 7) is 6.39. The lowest BCUT2D eigenvalue weighted by molar-refractivity contribution is -0.0124. The Labute approximate surface area is 115 Å². The van der Waals surface area contributed by atoms with E-state index >= 15 is 0 Å². The van der Waals surface area contributed by atoms with E-state index in [2.05, 4.69) is 0 Å². The summed E-state index contributed by atoms with van der Waals surface area (Å²) >= 11 is 0. The van der Waals surface area contributed by atoms with Gasteiger partial charge in [-0.2, -0.15) is 0 Å². The second kappa shape index (κ2) is 8.15. The van der Waals surface area contributed by atoms with E-state index in [0.29, 0.717) is 0 Å². The molecule has 0 spiro atoms. The Kier molecular flexibility index (Phi) is 6.84. The summed E-state index contributed by atoms with van der Waals surface area (Å²) in [6.07, 6.45) is 0.322. The average molecular weight is 267 g/mol. The Morgan fingerprint density at radius 2 is 1.89 bits per heavy atom. The molecule has 4 nitrogen and oxygen atoms in total. The van der Waals surface area contributed by atoms with Gasteiger partial charge in [0.15, 0.2) is 0 Å². The van der Waals surface area contributed by atoms with Crippen molar-refractivity contribution in [2.24, 2.45) is 5.73 Å². The molecule has 1 rings (SSSR count). The molecule has 1 aromatic rings. The third kappa shape index (κ3) is 5.59. The minimum atomic E-state index is -0.631. The number of rotatable bonds is 8. The molecular weight excluding hydrogens is 242 g/mol. The zero-order valence-corrected chi connectivity index (χ0v) is 12.0. The summed E-state index contributed by atoms with van der Waals surface area (Å²) in [5.41, 5.74) is 7.01. The third-order valence-electron chi connectivity index (χ3n) is 2.81. The zero-order chi connectivity index (χ0) is 14.3. The minimum Gasteiger partial charge on any atom is -0.490 e. The van der Waals surface area contributed by atoms with E-state index in [4.69, 9.17) is 15.2 Å². The van der Waals surface area contributed by atoms with E-state index in [1.807, 2.05) is 45.0 Å². The van der Waals surface area contributed by atoms with Crippen molar-refractivity contribution in [1.29, 1.82) is 0 Å². The molecular formula is C15H25NO3. The lowest BCUT2D eigenvalue weighted by Crippen LogP contribution is -2.25. The molecule has 0 aromatic heterocycles. The molecule has 0 aliphatic heterocycles. The van der Waals surface area contributed by atoms with Gasteiger partial charge >= 0.3 is 0 Å². The Morgan fingerprint density at radius 1 is 1.21 bits per heavy atom. The van der Waals surface area contributed by atoms with Crippen LogP contribution in [0, 0.1) is 0 Å². The number of aliphatic hydroxyl groups excluding tert-OH is 1. The van der Waals surface area contributed by atoms with Crippen LogP contribution >= 0.6 is 0 Å². The summed E-state index contributed by atoms with van der Waals surface area (Å²) in [7, 11) is 0. The smallest absolute Gasteiger partial charge is 0.124 e. The van der Waals surface area contributed by atoms with Crippen molar-refractivity contribution < 1.29 is 14.6 Å². The first-order valence-electron chi connectivity index (χ1n) is 6.81. The lowest BCUT2D eigenvalue weighted by Gasteiger charge is -2.18. The van der Waals surface area contributed by atoms with Crippen molar-refractivity contribution in [2.75, 3.05) is 13.2 Å². The van der Waals surface area contributed by atoms with E-state index in [9.17, 15) is 5.11 Å². The number of hydrogen-bond donors (Lipinski definition) is 2. The van der Waals surface area contributed by atoms with E-state index in [1.165, 1.54) is 0 Å². The van der Waals surface area contributed by atoms with Gasteiger partial charge in [0.1, 0.15) is 18.5 Å². The maximum absolute atomic E-state index is 9.76. The van der Waals surface area contributed by atoms with Crippen LogP contribution in [0.15, 0.2) is 24.3 Å². The number of nitrogens with two attached hydrogens (primary N) is 1. The van der Waals surface area contributed by atoms with E-state index < -0.39 is 6.10 Å². The van der Waals surface area contributed by atoms with Gasteiger partial charge < -0.3 is 20.3 Å². The maximum atomic E-state index is 9.76. The molecule has 0 fully saturated rings. The number of aliphatic hydroxyl groups is 1. The molecule has 0 aliphatic rings. The van der Waals surface area contributed by atoms with Gasteiger partial charge in [0.25, 0.3) is 0 Å². The van der Waals surface area contributed by atoms with Gasteiger partial charge in [0.2, 0.25) is 0 Å². The fourth-order valence-corrected chi connectivity index (χ4v) is 1.68. The largest absolute Gasteiger partial charge is 0.490 e. The van der Waals surface area contributed by atoms with Crippen molar-refractivity contribution in [3.8, 4) is 5.75 Å². The lowest BCUT2D eigenvalue weighted by atomic mass is 10.0. The normalized spacial score (nSPS) is 14.4. The molecule has 4 heteroatoms. The molecule has 0 saturated heterocycles. The molecule has 0 heterocycles. The van der Waals surface area contributed by atoms with E-state index in [1.54, 1.807) is 0 Å². The highest BCUT2D eigenvalue weighted by molar-refractivity contribution is 5.35. The topological polar surface area (TPSA) is 64.7 Å². The maximum Gasteiger partial charge on any atom is 0.124 e. The fourth-order valence-electron chi connectivity index (χ4n) is 1.68. The van der Waals surface area contributed by atoms with Crippen molar-refractivity contribution in [2.45, 2.75) is 45.4 Å². The Balaban J connectivity index is 2.53. The highest BCUT2D eigenvalue weighted by Gasteiger charge is 2.12. The summed E-state index contributed by atoms with van der Waals surface area (Å²) in [5, 5.41) is 9.76. The molecule has 0 aliphatic carbocycles. The van der Waals surface area contributed by atoms with Crippen LogP contribution in [0.1, 0.15) is 38.8 Å². The number of para-hydroxylation sites is 1. The molecule has 2 atom stereocenters. The minimum absolute atomic E-state index is 0.0414. The van der Waals surface area contributed by atoms with Gasteiger partial charge in [-0.3, -0.25) is 0 Å². The first-order valence-corrected chi connectivity index (χ1v) is 6.81. The van der Waals surface area contributed by atoms with Crippen molar-refractivity contribution in [1.82, 2.24) is 0 Å². The Hall–Kier alpha value is -1.10. The summed E-state index contributed by atoms with van der Waals surface area (Å²) in [5.74, 6) is 0.737. The highest BCUT2D eigenvalue weighted by atomic mass is 16.5. The average Bonchev–Trinajstić information content (AvgIpc) is 2.42. The summed E-state index contributed by atoms with van der Waals surface area (Å²) in [4.78, 5) is 0. The molecule has 108 valence electrons. The van der Waals surface area contributed by atoms with Crippen LogP contribution in [-0.2, 0) is 4.74 Å². The third-order valence-corrected chi connectivity index (χ3v) is 2.81. The van der Waals surface area contributed by atoms with Gasteiger partial charge in [0.05, 0.1) is 12.7 Å². The summed E-state index contributed by atoms with van der Waals surface area (Å²) in [6, 6.07) is 7.63. The first-order chi connectivity index (χ1) is 9.04. The van der Waals surface area contributed by atoms with Crippen LogP contribution in [0.5, 0.6) is 5.75 Å². The first kappa shape index (κ1) is 16.0. The van der Waals surface area contributed by atoms with E-state index in [0.717, 1.165) is 17.7 Å². The van der Waals surface area contributed by atoms with Crippen LogP contribution in [-0.4, -0.2) is 30.5 Å². The molecule has 0 saturated carbocycles. The van der Waals surface area contributed by atoms with Gasteiger partial charge in [-0.25, -0.2) is 0 Å². The monoisotopic (exact) mass is 267 g/mol. The summed E-state index contributed by atoms with van der Waals surface area (Å²) < 4.78 is 11.0. The van der Waals surface area contributed by atoms with E-state index in [-0.39, 0.29) is 25.4 Å². The van der Waals surface area contributed by atoms with Gasteiger partial charge in [-0.1, -0.05) is 25.1 Å². The Bertz CT molecular complexity index is 368. The zero-order valence-electron chi connectivity index (χ0n) is 12.0. The van der Waals surface area contributed by atoms with Crippen LogP contribution in [0.2, 0.25) is 0 Å². The highest BCUT2D eigenvalue weighted by Crippen LogP contribution is 2.25. The molecule has 0 radical (unpaired) electrons. The van der Waals surface area contributed by atoms with Gasteiger partial charge in [-0.05, 0) is 26.3 Å². The van der Waals surface area contributed by atoms with Gasteiger partial charge in [-0.15, -0.1) is 0 Å². The molecule has 19 heavy (non-hydrogen) atoms. The van der Waals surface area contributed by atoms with Crippen LogP contribution in [0.25, 0.3) is 0 Å². The van der Waals surface area contributed by atoms with Gasteiger partial charge in [0, 0.05) is 11.6 Å². The SMILES string of the molecule is CC[C@H](N)c1ccccc1OCC(O)COC(C)C. The second-order valence-corrected chi connectivity index (χ2v) is 4.90. The molecule has 1 unspecified atom stereocenters. The molecule has 1 aromatic carbocycles. The molecule has 3 N–H and O–H groups in total. The van der Waals surface area contributed by atoms with Crippen molar-refractivity contribution in [3.63, 3.8) is 0 Å². The standard InChI is InChI=1S/C15H25NO3/c1-4-14(16)13-7-5-6-8-15(13)19-10-12(17)9-18-11(2)3/h5-8,11-12,14,17H,4,9-10,16H2,1-3H3/t12?,14-/m0/s1. The van der Waals surface area contributed by atoms with Crippen molar-refractivity contribution >= 4 is 0 Å². The number of hydrogen-bond acceptors (Lipinski definition) is 4. The fraction of sp³-hybridized carbons (Fsp3) is 0.600. The second-order valence-electron chi connectivity index (χ2n) is 4.90. The van der Waals surface area contributed by atoms with Crippen LogP contribution in [0.4, 0.5) is 0 Å². The number of benzene rings is 1. The number of ether oxygens (including phenoxy) is 2. The molecule has 0 amide bonds. The quantitative estimate of drug-likeness (QED) is 0.758. The van der Waals surface area contributed by atoms with Crippen molar-refractivity contribution in [3.05, 3.63) is 29.8 Å². The van der Waals surface area contributed by atoms with Crippen LogP contribution < -0.4 is 10.5 Å². The predicted octanol–water partition coefficient (Wildman–Crippen LogP) is 2.26. The molecule has 0 bridgehead atoms. The predicted molar refractivity (Wildman–Crippen MR) is 76.3 cm³/mol. The van der Waals surface area contributed by atoms with Crippen LogP contribution in [0.3, 0.4) is 0 Å². The Morgan fingerprint density at radius 3 is 2.53 bits per heavy atom.